The van der Waals surface area contributed by atoms with Gasteiger partial charge in [0.15, 0.2) is 11.5 Å². The van der Waals surface area contributed by atoms with Crippen molar-refractivity contribution in [3.8, 4) is 17.2 Å². The number of anilines is 1. The first-order chi connectivity index (χ1) is 17.8. The predicted octanol–water partition coefficient (Wildman–Crippen LogP) is 5.10. The van der Waals surface area contributed by atoms with E-state index < -0.39 is 17.8 Å². The number of hydrogen-bond acceptors (Lipinski definition) is 7. The van der Waals surface area contributed by atoms with Crippen LogP contribution >= 0.6 is 23.2 Å². The summed E-state index contributed by atoms with van der Waals surface area (Å²) in [5.41, 5.74) is 3.15. The fraction of sp³-hybridized carbons (Fsp3) is 0.154. The van der Waals surface area contributed by atoms with Crippen molar-refractivity contribution in [3.05, 3.63) is 81.8 Å². The molecular formula is C26H23Cl2N3O6. The molecule has 0 atom stereocenters. The van der Waals surface area contributed by atoms with Crippen LogP contribution in [0.1, 0.15) is 29.3 Å². The summed E-state index contributed by atoms with van der Waals surface area (Å²) in [4.78, 5) is 36.6. The Morgan fingerprint density at radius 1 is 0.946 bits per heavy atom. The lowest BCUT2D eigenvalue weighted by Crippen LogP contribution is -2.32. The van der Waals surface area contributed by atoms with Crippen LogP contribution in [-0.2, 0) is 9.59 Å². The van der Waals surface area contributed by atoms with Crippen molar-refractivity contribution in [2.75, 3.05) is 19.0 Å². The highest BCUT2D eigenvalue weighted by Gasteiger charge is 2.16. The van der Waals surface area contributed by atoms with Gasteiger partial charge in [-0.25, -0.2) is 10.2 Å². The summed E-state index contributed by atoms with van der Waals surface area (Å²) in [6.07, 6.45) is 2.17. The quantitative estimate of drug-likeness (QED) is 0.127. The summed E-state index contributed by atoms with van der Waals surface area (Å²) in [5, 5.41) is 6.69. The molecule has 0 fully saturated rings. The van der Waals surface area contributed by atoms with Crippen molar-refractivity contribution in [1.29, 1.82) is 0 Å². The molecule has 37 heavy (non-hydrogen) atoms. The van der Waals surface area contributed by atoms with Crippen molar-refractivity contribution >= 4 is 52.9 Å². The third kappa shape index (κ3) is 7.96. The second-order valence-corrected chi connectivity index (χ2v) is 8.29. The van der Waals surface area contributed by atoms with E-state index in [2.05, 4.69) is 15.8 Å². The molecule has 3 rings (SSSR count). The van der Waals surface area contributed by atoms with E-state index in [4.69, 9.17) is 37.4 Å². The molecule has 0 aliphatic carbocycles. The van der Waals surface area contributed by atoms with Gasteiger partial charge in [-0.05, 0) is 72.6 Å². The van der Waals surface area contributed by atoms with Crippen LogP contribution in [0.25, 0.3) is 0 Å². The Morgan fingerprint density at radius 2 is 1.70 bits per heavy atom. The van der Waals surface area contributed by atoms with Crippen molar-refractivity contribution in [2.45, 2.75) is 13.3 Å². The van der Waals surface area contributed by atoms with Gasteiger partial charge in [0.1, 0.15) is 5.75 Å². The molecule has 3 aromatic carbocycles. The number of halogens is 2. The zero-order chi connectivity index (χ0) is 26.8. The summed E-state index contributed by atoms with van der Waals surface area (Å²) in [7, 11) is 1.42. The van der Waals surface area contributed by atoms with Crippen molar-refractivity contribution in [3.63, 3.8) is 0 Å². The SMILES string of the molecule is CCCOc1ccc(C(=O)Oc2ccc(/C=N/NC(=O)C(=O)Nc3cc(Cl)ccc3Cl)cc2OC)cc1. The Morgan fingerprint density at radius 3 is 2.41 bits per heavy atom. The molecule has 0 aromatic heterocycles. The number of carbonyl (C=O) groups is 3. The summed E-state index contributed by atoms with van der Waals surface area (Å²) < 4.78 is 16.3. The minimum Gasteiger partial charge on any atom is -0.494 e. The first-order valence-corrected chi connectivity index (χ1v) is 11.8. The zero-order valence-electron chi connectivity index (χ0n) is 19.9. The molecule has 192 valence electrons. The third-order valence-electron chi connectivity index (χ3n) is 4.72. The molecule has 0 saturated carbocycles. The Hall–Kier alpha value is -4.08. The van der Waals surface area contributed by atoms with E-state index in [1.165, 1.54) is 31.5 Å². The van der Waals surface area contributed by atoms with Gasteiger partial charge in [0.25, 0.3) is 0 Å². The summed E-state index contributed by atoms with van der Waals surface area (Å²) >= 11 is 11.8. The highest BCUT2D eigenvalue weighted by atomic mass is 35.5. The lowest BCUT2D eigenvalue weighted by atomic mass is 10.2. The molecule has 0 bridgehead atoms. The number of hydrazone groups is 1. The van der Waals surface area contributed by atoms with Crippen LogP contribution in [-0.4, -0.2) is 37.7 Å². The topological polar surface area (TPSA) is 115 Å². The minimum atomic E-state index is -1.02. The molecule has 9 nitrogen and oxygen atoms in total. The fourth-order valence-electron chi connectivity index (χ4n) is 2.90. The Bertz CT molecular complexity index is 1310. The van der Waals surface area contributed by atoms with Gasteiger partial charge >= 0.3 is 17.8 Å². The monoisotopic (exact) mass is 543 g/mol. The van der Waals surface area contributed by atoms with Gasteiger partial charge in [0.05, 0.1) is 36.2 Å². The number of methoxy groups -OCH3 is 1. The molecule has 0 spiro atoms. The highest BCUT2D eigenvalue weighted by molar-refractivity contribution is 6.42. The summed E-state index contributed by atoms with van der Waals surface area (Å²) in [6, 6.07) is 15.7. The number of esters is 1. The molecule has 2 amide bonds. The van der Waals surface area contributed by atoms with Gasteiger partial charge in [-0.2, -0.15) is 5.10 Å². The van der Waals surface area contributed by atoms with Crippen molar-refractivity contribution in [1.82, 2.24) is 5.43 Å². The maximum Gasteiger partial charge on any atom is 0.343 e. The van der Waals surface area contributed by atoms with Crippen LogP contribution in [0.3, 0.4) is 0 Å². The Balaban J connectivity index is 1.59. The molecule has 0 unspecified atom stereocenters. The van der Waals surface area contributed by atoms with E-state index in [-0.39, 0.29) is 22.2 Å². The van der Waals surface area contributed by atoms with Crippen molar-refractivity contribution in [2.24, 2.45) is 5.10 Å². The lowest BCUT2D eigenvalue weighted by Gasteiger charge is -2.10. The number of benzene rings is 3. The van der Waals surface area contributed by atoms with Crippen LogP contribution in [0, 0.1) is 0 Å². The fourth-order valence-corrected chi connectivity index (χ4v) is 3.24. The summed E-state index contributed by atoms with van der Waals surface area (Å²) in [6.45, 7) is 2.59. The first-order valence-electron chi connectivity index (χ1n) is 11.0. The van der Waals surface area contributed by atoms with Gasteiger partial charge in [-0.15, -0.1) is 0 Å². The van der Waals surface area contributed by atoms with E-state index in [1.54, 1.807) is 42.5 Å². The second kappa shape index (κ2) is 13.3. The number of nitrogens with zero attached hydrogens (tertiary/aromatic N) is 1. The number of ether oxygens (including phenoxy) is 3. The molecule has 0 aliphatic rings. The van der Waals surface area contributed by atoms with Crippen LogP contribution in [0.2, 0.25) is 10.0 Å². The standard InChI is InChI=1S/C26H23Cl2N3O6/c1-3-12-36-19-8-5-17(6-9-19)26(34)37-22-11-4-16(13-23(22)35-2)15-29-31-25(33)24(32)30-21-14-18(27)7-10-20(21)28/h4-11,13-15H,3,12H2,1-2H3,(H,30,32)(H,31,33)/b29-15+. The van der Waals surface area contributed by atoms with Crippen molar-refractivity contribution < 1.29 is 28.6 Å². The minimum absolute atomic E-state index is 0.189. The number of amides is 2. The number of carbonyl (C=O) groups excluding carboxylic acids is 3. The lowest BCUT2D eigenvalue weighted by molar-refractivity contribution is -0.136. The second-order valence-electron chi connectivity index (χ2n) is 7.45. The zero-order valence-corrected chi connectivity index (χ0v) is 21.4. The third-order valence-corrected chi connectivity index (χ3v) is 5.28. The van der Waals surface area contributed by atoms with Gasteiger partial charge in [-0.1, -0.05) is 30.1 Å². The van der Waals surface area contributed by atoms with E-state index in [1.807, 2.05) is 6.92 Å². The van der Waals surface area contributed by atoms with Gasteiger partial charge in [-0.3, -0.25) is 9.59 Å². The van der Waals surface area contributed by atoms with Crippen LogP contribution in [0.15, 0.2) is 65.8 Å². The van der Waals surface area contributed by atoms with Crippen LogP contribution in [0.5, 0.6) is 17.2 Å². The van der Waals surface area contributed by atoms with Gasteiger partial charge < -0.3 is 19.5 Å². The molecule has 0 aliphatic heterocycles. The van der Waals surface area contributed by atoms with E-state index >= 15 is 0 Å². The number of nitrogens with one attached hydrogen (secondary N) is 2. The molecule has 0 saturated heterocycles. The largest absolute Gasteiger partial charge is 0.494 e. The van der Waals surface area contributed by atoms with Crippen LogP contribution in [0.4, 0.5) is 5.69 Å². The van der Waals surface area contributed by atoms with E-state index in [0.29, 0.717) is 28.5 Å². The Labute approximate surface area is 223 Å². The summed E-state index contributed by atoms with van der Waals surface area (Å²) in [5.74, 6) is -1.45. The molecular weight excluding hydrogens is 521 g/mol. The van der Waals surface area contributed by atoms with Crippen LogP contribution < -0.4 is 25.0 Å². The van der Waals surface area contributed by atoms with E-state index in [0.717, 1.165) is 6.42 Å². The molecule has 11 heteroatoms. The first kappa shape index (κ1) is 27.5. The maximum absolute atomic E-state index is 12.5. The molecule has 3 aromatic rings. The predicted molar refractivity (Wildman–Crippen MR) is 141 cm³/mol. The highest BCUT2D eigenvalue weighted by Crippen LogP contribution is 2.29. The molecule has 0 heterocycles. The number of rotatable bonds is 9. The van der Waals surface area contributed by atoms with E-state index in [9.17, 15) is 14.4 Å². The molecule has 0 radical (unpaired) electrons. The van der Waals surface area contributed by atoms with Gasteiger partial charge in [0, 0.05) is 5.02 Å². The molecule has 2 N–H and O–H groups in total. The Kier molecular flexibility index (Phi) is 9.88. The average molecular weight is 544 g/mol. The average Bonchev–Trinajstić information content (AvgIpc) is 2.90. The maximum atomic E-state index is 12.5. The smallest absolute Gasteiger partial charge is 0.343 e. The van der Waals surface area contributed by atoms with Gasteiger partial charge in [0.2, 0.25) is 0 Å². The normalized spacial score (nSPS) is 10.6. The number of hydrogen-bond donors (Lipinski definition) is 2.